The lowest BCUT2D eigenvalue weighted by Gasteiger charge is -2.20. The quantitative estimate of drug-likeness (QED) is 0.657. The van der Waals surface area contributed by atoms with Gasteiger partial charge in [0.2, 0.25) is 5.91 Å². The number of nitrogens with two attached hydrogens (primary N) is 1. The monoisotopic (exact) mass is 412 g/mol. The molecule has 154 valence electrons. The lowest BCUT2D eigenvalue weighted by Crippen LogP contribution is -2.29. The molecule has 1 aromatic heterocycles. The molecule has 1 unspecified atom stereocenters. The maximum absolute atomic E-state index is 12.7. The average Bonchev–Trinajstić information content (AvgIpc) is 2.97. The zero-order valence-electron chi connectivity index (χ0n) is 17.4. The van der Waals surface area contributed by atoms with Gasteiger partial charge in [0.25, 0.3) is 0 Å². The van der Waals surface area contributed by atoms with Crippen molar-refractivity contribution in [3.63, 3.8) is 0 Å². The van der Waals surface area contributed by atoms with E-state index < -0.39 is 0 Å². The first kappa shape index (κ1) is 22.7. The third-order valence-corrected chi connectivity index (χ3v) is 5.23. The number of benzene rings is 2. The molecule has 29 heavy (non-hydrogen) atoms. The molecule has 5 nitrogen and oxygen atoms in total. The molecule has 0 aliphatic carbocycles. The molecule has 0 bridgehead atoms. The number of amides is 1. The number of hydrogen-bond donors (Lipinski definition) is 1. The number of halogens is 1. The lowest BCUT2D eigenvalue weighted by atomic mass is 10.0. The Morgan fingerprint density at radius 1 is 1.07 bits per heavy atom. The molecule has 0 saturated carbocycles. The van der Waals surface area contributed by atoms with Crippen LogP contribution in [0.15, 0.2) is 54.6 Å². The Balaban J connectivity index is 0.00000300. The predicted octanol–water partition coefficient (Wildman–Crippen LogP) is 4.27. The van der Waals surface area contributed by atoms with Gasteiger partial charge in [-0.1, -0.05) is 48.5 Å². The molecule has 0 spiro atoms. The molecule has 2 N–H and O–H groups in total. The van der Waals surface area contributed by atoms with Crippen LogP contribution < -0.4 is 5.73 Å². The minimum Gasteiger partial charge on any atom is -0.341 e. The average molecular weight is 413 g/mol. The third-order valence-electron chi connectivity index (χ3n) is 5.23. The van der Waals surface area contributed by atoms with E-state index in [0.29, 0.717) is 6.54 Å². The van der Waals surface area contributed by atoms with Crippen molar-refractivity contribution in [2.75, 3.05) is 7.05 Å². The molecule has 0 radical (unpaired) electrons. The van der Waals surface area contributed by atoms with E-state index in [-0.39, 0.29) is 30.8 Å². The van der Waals surface area contributed by atoms with Crippen LogP contribution in [0.2, 0.25) is 0 Å². The lowest BCUT2D eigenvalue weighted by molar-refractivity contribution is -0.130. The normalized spacial score (nSPS) is 11.6. The minimum absolute atomic E-state index is 0. The maximum Gasteiger partial charge on any atom is 0.224 e. The number of rotatable bonds is 6. The Labute approximate surface area is 178 Å². The Morgan fingerprint density at radius 3 is 2.34 bits per heavy atom. The number of para-hydroxylation sites is 1. The molecule has 1 heterocycles. The second-order valence-electron chi connectivity index (χ2n) is 7.32. The smallest absolute Gasteiger partial charge is 0.224 e. The van der Waals surface area contributed by atoms with Gasteiger partial charge in [-0.2, -0.15) is 5.10 Å². The largest absolute Gasteiger partial charge is 0.341 e. The number of aryl methyl sites for hydroxylation is 2. The molecule has 3 rings (SSSR count). The molecule has 3 aromatic rings. The molecular formula is C23H29ClN4O. The van der Waals surface area contributed by atoms with Gasteiger partial charge < -0.3 is 10.6 Å². The summed E-state index contributed by atoms with van der Waals surface area (Å²) in [6.45, 7) is 6.64. The second-order valence-corrected chi connectivity index (χ2v) is 7.32. The van der Waals surface area contributed by atoms with E-state index in [1.54, 1.807) is 4.90 Å². The zero-order valence-corrected chi connectivity index (χ0v) is 18.2. The molecule has 6 heteroatoms. The van der Waals surface area contributed by atoms with Gasteiger partial charge in [0.15, 0.2) is 0 Å². The highest BCUT2D eigenvalue weighted by molar-refractivity contribution is 5.85. The first-order chi connectivity index (χ1) is 13.4. The van der Waals surface area contributed by atoms with E-state index in [0.717, 1.165) is 33.8 Å². The Bertz CT molecular complexity index is 968. The SMILES string of the molecule is Cc1ccccc1-n1nc(C)c(CN(C)C(=O)CC(N)c2ccccc2)c1C.Cl. The van der Waals surface area contributed by atoms with Crippen LogP contribution in [0.3, 0.4) is 0 Å². The van der Waals surface area contributed by atoms with Crippen LogP contribution in [0, 0.1) is 20.8 Å². The van der Waals surface area contributed by atoms with Crippen LogP contribution in [0.4, 0.5) is 0 Å². The highest BCUT2D eigenvalue weighted by Gasteiger charge is 2.20. The third kappa shape index (κ3) is 5.05. The van der Waals surface area contributed by atoms with Gasteiger partial charge in [0, 0.05) is 37.3 Å². The molecule has 2 aromatic carbocycles. The van der Waals surface area contributed by atoms with E-state index in [1.807, 2.05) is 61.1 Å². The van der Waals surface area contributed by atoms with Crippen LogP contribution in [-0.2, 0) is 11.3 Å². The molecule has 1 atom stereocenters. The van der Waals surface area contributed by atoms with Crippen molar-refractivity contribution < 1.29 is 4.79 Å². The summed E-state index contributed by atoms with van der Waals surface area (Å²) in [5.41, 5.74) is 12.5. The number of hydrogen-bond acceptors (Lipinski definition) is 3. The summed E-state index contributed by atoms with van der Waals surface area (Å²) in [6.07, 6.45) is 0.282. The molecule has 0 fully saturated rings. The fraction of sp³-hybridized carbons (Fsp3) is 0.304. The fourth-order valence-corrected chi connectivity index (χ4v) is 3.43. The van der Waals surface area contributed by atoms with Gasteiger partial charge in [-0.15, -0.1) is 12.4 Å². The van der Waals surface area contributed by atoms with E-state index in [1.165, 1.54) is 0 Å². The molecule has 0 aliphatic rings. The summed E-state index contributed by atoms with van der Waals surface area (Å²) in [5, 5.41) is 4.72. The van der Waals surface area contributed by atoms with Crippen molar-refractivity contribution in [2.45, 2.75) is 39.8 Å². The second kappa shape index (κ2) is 9.72. The summed E-state index contributed by atoms with van der Waals surface area (Å²) < 4.78 is 1.97. The van der Waals surface area contributed by atoms with Crippen LogP contribution >= 0.6 is 12.4 Å². The van der Waals surface area contributed by atoms with Crippen molar-refractivity contribution in [3.05, 3.63) is 82.7 Å². The molecule has 1 amide bonds. The maximum atomic E-state index is 12.7. The Morgan fingerprint density at radius 2 is 1.69 bits per heavy atom. The number of carbonyl (C=O) groups is 1. The van der Waals surface area contributed by atoms with Gasteiger partial charge in [0.1, 0.15) is 0 Å². The van der Waals surface area contributed by atoms with Crippen molar-refractivity contribution in [1.29, 1.82) is 0 Å². The van der Waals surface area contributed by atoms with Crippen LogP contribution in [-0.4, -0.2) is 27.6 Å². The van der Waals surface area contributed by atoms with Crippen molar-refractivity contribution >= 4 is 18.3 Å². The number of aromatic nitrogens is 2. The highest BCUT2D eigenvalue weighted by Crippen LogP contribution is 2.22. The van der Waals surface area contributed by atoms with E-state index in [4.69, 9.17) is 10.8 Å². The fourth-order valence-electron chi connectivity index (χ4n) is 3.43. The topological polar surface area (TPSA) is 64.2 Å². The summed E-state index contributed by atoms with van der Waals surface area (Å²) in [5.74, 6) is 0.0267. The van der Waals surface area contributed by atoms with Crippen LogP contribution in [0.25, 0.3) is 5.69 Å². The van der Waals surface area contributed by atoms with Crippen molar-refractivity contribution in [1.82, 2.24) is 14.7 Å². The van der Waals surface area contributed by atoms with Gasteiger partial charge >= 0.3 is 0 Å². The van der Waals surface area contributed by atoms with Gasteiger partial charge in [0.05, 0.1) is 11.4 Å². The van der Waals surface area contributed by atoms with Crippen molar-refractivity contribution in [3.8, 4) is 5.69 Å². The zero-order chi connectivity index (χ0) is 20.3. The van der Waals surface area contributed by atoms with Gasteiger partial charge in [-0.3, -0.25) is 4.79 Å². The molecule has 0 aliphatic heterocycles. The standard InChI is InChI=1S/C23H28N4O.ClH/c1-16-10-8-9-13-22(16)27-18(3)20(17(2)25-27)15-26(4)23(28)14-21(24)19-11-6-5-7-12-19;/h5-13,21H,14-15,24H2,1-4H3;1H. The van der Waals surface area contributed by atoms with Crippen LogP contribution in [0.5, 0.6) is 0 Å². The summed E-state index contributed by atoms with van der Waals surface area (Å²) in [7, 11) is 1.82. The summed E-state index contributed by atoms with van der Waals surface area (Å²) >= 11 is 0. The Hall–Kier alpha value is -2.63. The molecular weight excluding hydrogens is 384 g/mol. The van der Waals surface area contributed by atoms with E-state index in [2.05, 4.69) is 26.0 Å². The van der Waals surface area contributed by atoms with E-state index >= 15 is 0 Å². The number of carbonyl (C=O) groups excluding carboxylic acids is 1. The first-order valence-corrected chi connectivity index (χ1v) is 9.54. The molecule has 0 saturated heterocycles. The van der Waals surface area contributed by atoms with Crippen molar-refractivity contribution in [2.24, 2.45) is 5.73 Å². The minimum atomic E-state index is -0.298. The van der Waals surface area contributed by atoms with Gasteiger partial charge in [-0.25, -0.2) is 4.68 Å². The first-order valence-electron chi connectivity index (χ1n) is 9.54. The predicted molar refractivity (Wildman–Crippen MR) is 119 cm³/mol. The highest BCUT2D eigenvalue weighted by atomic mass is 35.5. The van der Waals surface area contributed by atoms with Gasteiger partial charge in [-0.05, 0) is 38.0 Å². The number of nitrogens with zero attached hydrogens (tertiary/aromatic N) is 3. The summed E-state index contributed by atoms with van der Waals surface area (Å²) in [4.78, 5) is 14.4. The van der Waals surface area contributed by atoms with Crippen LogP contribution in [0.1, 0.15) is 40.5 Å². The summed E-state index contributed by atoms with van der Waals surface area (Å²) in [6, 6.07) is 17.6. The van der Waals surface area contributed by atoms with E-state index in [9.17, 15) is 4.79 Å². The Kier molecular flexibility index (Phi) is 7.59.